The highest BCUT2D eigenvalue weighted by atomic mass is 16.8. The molecule has 136 heavy (non-hydrogen) atoms. The maximum atomic E-state index is 13.7. The van der Waals surface area contributed by atoms with Gasteiger partial charge in [0.2, 0.25) is 17.7 Å². The van der Waals surface area contributed by atoms with Crippen molar-refractivity contribution in [2.45, 2.75) is 505 Å². The van der Waals surface area contributed by atoms with Crippen LogP contribution in [0.5, 0.6) is 0 Å². The monoisotopic (exact) mass is 1970 g/mol. The van der Waals surface area contributed by atoms with Crippen LogP contribution in [0.3, 0.4) is 0 Å². The number of amides is 3. The summed E-state index contributed by atoms with van der Waals surface area (Å²) in [5.74, 6) is -2.28. The predicted octanol–water partition coefficient (Wildman–Crippen LogP) is -3.16. The van der Waals surface area contributed by atoms with E-state index in [1.165, 1.54) is 149 Å². The first-order valence-electron chi connectivity index (χ1n) is 49.7. The Labute approximate surface area is 796 Å². The topological polar surface area (TPSA) is 680 Å². The minimum Gasteiger partial charge on any atom is -0.394 e. The van der Waals surface area contributed by atoms with Gasteiger partial charge in [-0.25, -0.2) is 0 Å². The van der Waals surface area contributed by atoms with Gasteiger partial charge >= 0.3 is 0 Å². The zero-order valence-electron chi connectivity index (χ0n) is 79.6. The number of hydrogen-bond acceptors (Lipinski definition) is 41. The van der Waals surface area contributed by atoms with E-state index >= 15 is 0 Å². The van der Waals surface area contributed by atoms with Crippen molar-refractivity contribution in [3.63, 3.8) is 0 Å². The first-order chi connectivity index (χ1) is 65.2. The van der Waals surface area contributed by atoms with Crippen LogP contribution in [0.15, 0.2) is 12.2 Å². The van der Waals surface area contributed by atoms with Crippen molar-refractivity contribution in [3.05, 3.63) is 12.2 Å². The van der Waals surface area contributed by atoms with E-state index in [9.17, 15) is 127 Å². The molecule has 794 valence electrons. The summed E-state index contributed by atoms with van der Waals surface area (Å²) in [4.78, 5) is 40.7. The summed E-state index contributed by atoms with van der Waals surface area (Å²) in [6, 6.07) is -5.05. The zero-order valence-corrected chi connectivity index (χ0v) is 79.6. The smallest absolute Gasteiger partial charge is 0.220 e. The Kier molecular flexibility index (Phi) is 53.0. The Balaban J connectivity index is 0.953. The third kappa shape index (κ3) is 34.1. The molecule has 8 fully saturated rings. The number of aliphatic hydroxyl groups excluding tert-OH is 22. The molecule has 8 saturated heterocycles. The largest absolute Gasteiger partial charge is 0.394 e. The van der Waals surface area contributed by atoms with Crippen LogP contribution in [0.4, 0.5) is 0 Å². The van der Waals surface area contributed by atoms with Gasteiger partial charge in [-0.2, -0.15) is 0 Å². The van der Waals surface area contributed by atoms with E-state index in [-0.39, 0.29) is 12.3 Å². The van der Waals surface area contributed by atoms with Crippen molar-refractivity contribution in [1.82, 2.24) is 16.0 Å². The summed E-state index contributed by atoms with van der Waals surface area (Å²) in [6.07, 6.45) is -37.7. The first kappa shape index (κ1) is 118. The maximum absolute atomic E-state index is 13.7. The molecule has 44 heteroatoms. The van der Waals surface area contributed by atoms with Gasteiger partial charge in [-0.05, 0) is 33.1 Å². The predicted molar refractivity (Wildman–Crippen MR) is 475 cm³/mol. The van der Waals surface area contributed by atoms with Crippen LogP contribution in [0.25, 0.3) is 0 Å². The number of carbonyl (C=O) groups is 3. The second-order valence-electron chi connectivity index (χ2n) is 37.7. The Morgan fingerprint density at radius 1 is 0.301 bits per heavy atom. The number of unbranched alkanes of at least 4 members (excludes halogenated alkanes) is 29. The minimum atomic E-state index is -2.44. The number of ether oxygens (including phenoxy) is 16. The second kappa shape index (κ2) is 61.2. The molecule has 25 N–H and O–H groups in total. The van der Waals surface area contributed by atoms with E-state index in [0.717, 1.165) is 65.2 Å². The molecule has 0 saturated carbocycles. The van der Waals surface area contributed by atoms with Gasteiger partial charge in [0.1, 0.15) is 183 Å². The van der Waals surface area contributed by atoms with E-state index in [4.69, 9.17) is 75.8 Å². The average molecular weight is 1970 g/mol. The lowest BCUT2D eigenvalue weighted by molar-refractivity contribution is -0.401. The Morgan fingerprint density at radius 3 is 1.04 bits per heavy atom. The Hall–Kier alpha value is -3.37. The van der Waals surface area contributed by atoms with E-state index in [1.54, 1.807) is 6.08 Å². The molecule has 8 rings (SSSR count). The molecule has 0 aliphatic carbocycles. The highest BCUT2D eigenvalue weighted by Gasteiger charge is 2.61. The lowest BCUT2D eigenvalue weighted by Crippen LogP contribution is -2.72. The van der Waals surface area contributed by atoms with Crippen LogP contribution >= 0.6 is 0 Å². The fourth-order valence-electron chi connectivity index (χ4n) is 18.6. The van der Waals surface area contributed by atoms with Crippen LogP contribution < -0.4 is 16.0 Å². The van der Waals surface area contributed by atoms with Gasteiger partial charge < -0.3 is 204 Å². The molecular formula is C92H165N3O41. The van der Waals surface area contributed by atoms with Crippen LogP contribution in [0.1, 0.15) is 247 Å². The molecule has 0 aromatic carbocycles. The normalized spacial score (nSPS) is 39.6. The zero-order chi connectivity index (χ0) is 99.4. The molecule has 16 unspecified atom stereocenters. The van der Waals surface area contributed by atoms with Gasteiger partial charge in [0.15, 0.2) is 50.3 Å². The van der Waals surface area contributed by atoms with Gasteiger partial charge in [-0.1, -0.05) is 206 Å². The molecule has 3 amide bonds. The summed E-state index contributed by atoms with van der Waals surface area (Å²) in [6.45, 7) is 1.87. The van der Waals surface area contributed by atoms with Gasteiger partial charge in [-0.15, -0.1) is 0 Å². The molecular weight excluding hydrogens is 1800 g/mol. The summed E-state index contributed by atoms with van der Waals surface area (Å²) in [5.41, 5.74) is 0. The van der Waals surface area contributed by atoms with E-state index in [1.807, 2.05) is 6.08 Å². The summed E-state index contributed by atoms with van der Waals surface area (Å²) in [7, 11) is 0. The maximum Gasteiger partial charge on any atom is 0.220 e. The summed E-state index contributed by atoms with van der Waals surface area (Å²) >= 11 is 0. The second-order valence-corrected chi connectivity index (χ2v) is 37.7. The fraction of sp³-hybridized carbons (Fsp3) is 0.946. The number of carbonyl (C=O) groups excluding carboxylic acids is 3. The quantitative estimate of drug-likeness (QED) is 0.0211. The summed E-state index contributed by atoms with van der Waals surface area (Å²) < 4.78 is 97.1. The Morgan fingerprint density at radius 2 is 0.610 bits per heavy atom. The van der Waals surface area contributed by atoms with Crippen LogP contribution in [0.2, 0.25) is 0 Å². The highest BCUT2D eigenvalue weighted by molar-refractivity contribution is 5.76. The molecule has 8 heterocycles. The van der Waals surface area contributed by atoms with Crippen LogP contribution in [0, 0.1) is 0 Å². The van der Waals surface area contributed by atoms with Gasteiger partial charge in [0.05, 0.1) is 70.6 Å². The molecule has 44 nitrogen and oxygen atoms in total. The standard InChI is InChI=1S/C92H165N3O41/c1-7-9-11-13-15-17-19-21-22-23-24-25-26-28-30-32-34-36-38-40-60(105)95-52(53(104)39-37-35-33-31-29-27-20-18-16-14-12-10-8-2)47-121-87-75(118)72(115)78(58(45-100)129-87)130-90-76(119)82(67(110)56(43-98)125-90)134-85-61(93-50(5)102)80(66(109)55(42-97)124-85)132-91-77(120)83(68(111)57(44-99)126-91)135-86-62(94-51(6)103)81(133-88-73(116)69(112)63(106)48(3)122-88)79(59(46-101)128-86)131-92-84(71(114)65(108)54(41-96)127-92)136-89-74(117)70(113)64(107)49(4)123-89/h37,39,48-49,52-59,61-92,96-101,104,106-120H,7-36,38,40-47H2,1-6H3,(H,93,102)(H,94,103)(H,95,105)/b39-37+/t48?,49?,52-,53+,54?,55?,56?,57?,58?,59?,61?,62?,63+,64+,65-,66+,67-,68-,69?,70?,71-,72+,73-,74-,75?,76?,77?,78+,79+,80+,81+,82-,83-,84?,85-,86-,87+,88+,89+,90-,91-,92-/m0/s1. The molecule has 8 aliphatic heterocycles. The number of aliphatic hydroxyl groups is 22. The molecule has 42 atom stereocenters. The highest BCUT2D eigenvalue weighted by Crippen LogP contribution is 2.41. The lowest BCUT2D eigenvalue weighted by atomic mass is 9.93. The number of rotatable bonds is 60. The lowest BCUT2D eigenvalue weighted by Gasteiger charge is -2.52. The van der Waals surface area contributed by atoms with Crippen molar-refractivity contribution in [1.29, 1.82) is 0 Å². The van der Waals surface area contributed by atoms with Crippen molar-refractivity contribution >= 4 is 17.7 Å². The van der Waals surface area contributed by atoms with Crippen LogP contribution in [-0.4, -0.2) is 434 Å². The average Bonchev–Trinajstić information content (AvgIpc) is 0.729. The van der Waals surface area contributed by atoms with Crippen molar-refractivity contribution in [3.8, 4) is 0 Å². The van der Waals surface area contributed by atoms with E-state index < -0.39 is 316 Å². The number of allylic oxidation sites excluding steroid dienone is 1. The number of nitrogens with one attached hydrogen (secondary N) is 3. The SMILES string of the molecule is CCCCCCCCCCCCC/C=C/[C@@H](O)[C@H](CO[C@@H]1OC(CO)[C@@H](O[C@@H]2OC(CO)[C@H](O)[C@H](O[C@@H]3OC(CO)[C@@H](O)[C@H](O[C@@H]4OC(CO)[C@H](O)[C@H](O[C@@H]5OC(CO)[C@@H](O[C@@H]6OC(CO)[C@H](O)[C@H](O)C6O[C@H]6OC(C)[C@@H](O)C(O)[C@@H]6O)[C@H](O[C@H]6OC(C)[C@@H](O)C(O)[C@@H]6O)C5NC(C)=O)C4O)C3NC(C)=O)C2O)[C@H](O)C1O)NC(=O)CCCCCCCCCCCCCCCCCCCCC. The summed E-state index contributed by atoms with van der Waals surface area (Å²) in [5, 5.41) is 257. The van der Waals surface area contributed by atoms with Crippen molar-refractivity contribution in [2.75, 3.05) is 46.2 Å². The van der Waals surface area contributed by atoms with Gasteiger partial charge in [-0.3, -0.25) is 14.4 Å². The molecule has 8 aliphatic rings. The number of hydrogen-bond donors (Lipinski definition) is 25. The molecule has 0 aromatic heterocycles. The van der Waals surface area contributed by atoms with Gasteiger partial charge in [0.25, 0.3) is 0 Å². The Bertz CT molecular complexity index is 3310. The van der Waals surface area contributed by atoms with E-state index in [0.29, 0.717) is 12.8 Å². The first-order valence-corrected chi connectivity index (χ1v) is 49.7. The third-order valence-electron chi connectivity index (χ3n) is 26.9. The van der Waals surface area contributed by atoms with Crippen LogP contribution in [-0.2, 0) is 90.2 Å². The third-order valence-corrected chi connectivity index (χ3v) is 26.9. The van der Waals surface area contributed by atoms with Gasteiger partial charge in [0, 0.05) is 20.3 Å². The van der Waals surface area contributed by atoms with E-state index in [2.05, 4.69) is 29.8 Å². The molecule has 0 radical (unpaired) electrons. The fourth-order valence-corrected chi connectivity index (χ4v) is 18.6. The molecule has 0 bridgehead atoms. The van der Waals surface area contributed by atoms with Crippen molar-refractivity contribution < 1.29 is 203 Å². The molecule has 0 aromatic rings. The minimum absolute atomic E-state index is 0.149. The van der Waals surface area contributed by atoms with Crippen molar-refractivity contribution in [2.24, 2.45) is 0 Å². The molecule has 0 spiro atoms.